The van der Waals surface area contributed by atoms with Gasteiger partial charge in [-0.3, -0.25) is 25.0 Å². The van der Waals surface area contributed by atoms with Crippen molar-refractivity contribution < 1.29 is 29.2 Å². The summed E-state index contributed by atoms with van der Waals surface area (Å²) in [7, 11) is 1.20. The Bertz CT molecular complexity index is 1120. The summed E-state index contributed by atoms with van der Waals surface area (Å²) in [6.45, 7) is 3.60. The molecule has 2 aromatic rings. The summed E-state index contributed by atoms with van der Waals surface area (Å²) in [4.78, 5) is 48.8. The predicted molar refractivity (Wildman–Crippen MR) is 106 cm³/mol. The summed E-state index contributed by atoms with van der Waals surface area (Å²) in [6.07, 6.45) is 1.09. The van der Waals surface area contributed by atoms with Gasteiger partial charge in [-0.15, -0.1) is 0 Å². The van der Waals surface area contributed by atoms with Crippen LogP contribution in [0.1, 0.15) is 16.7 Å². The summed E-state index contributed by atoms with van der Waals surface area (Å²) < 4.78 is 4.92. The first-order valence-electron chi connectivity index (χ1n) is 8.67. The molecule has 0 saturated carbocycles. The zero-order chi connectivity index (χ0) is 22.2. The minimum absolute atomic E-state index is 0.0598. The summed E-state index contributed by atoms with van der Waals surface area (Å²) in [6, 6.07) is 6.41. The van der Waals surface area contributed by atoms with Crippen molar-refractivity contribution in [3.63, 3.8) is 0 Å². The second-order valence-corrected chi connectivity index (χ2v) is 6.65. The minimum atomic E-state index is -0.944. The van der Waals surface area contributed by atoms with E-state index < -0.39 is 39.8 Å². The van der Waals surface area contributed by atoms with E-state index in [0.29, 0.717) is 0 Å². The SMILES string of the molecule is COc1cc(/C=C2/C(=O)NC(=O)N(c3cc(C)cc(C)c3)C2=O)cc([N+](=O)[O-])c1O. The summed E-state index contributed by atoms with van der Waals surface area (Å²) in [5, 5.41) is 23.2. The molecule has 4 amide bonds. The average molecular weight is 411 g/mol. The number of hydrogen-bond acceptors (Lipinski definition) is 7. The molecule has 1 fully saturated rings. The van der Waals surface area contributed by atoms with Gasteiger partial charge in [-0.2, -0.15) is 0 Å². The van der Waals surface area contributed by atoms with Crippen LogP contribution in [0.2, 0.25) is 0 Å². The lowest BCUT2D eigenvalue weighted by Gasteiger charge is -2.27. The van der Waals surface area contributed by atoms with E-state index in [1.807, 2.05) is 6.07 Å². The van der Waals surface area contributed by atoms with Crippen LogP contribution in [-0.4, -0.2) is 35.0 Å². The highest BCUT2D eigenvalue weighted by Crippen LogP contribution is 2.37. The Balaban J connectivity index is 2.11. The van der Waals surface area contributed by atoms with Crippen LogP contribution in [0.5, 0.6) is 11.5 Å². The standard InChI is InChI=1S/C20H17N3O7/c1-10-4-11(2)6-13(5-10)22-19(26)14(18(25)21-20(22)27)7-12-8-15(23(28)29)17(24)16(9-12)30-3/h4-9,24H,1-3H3,(H,21,25,27)/b14-7-. The number of nitro benzene ring substituents is 1. The van der Waals surface area contributed by atoms with Crippen LogP contribution in [0.15, 0.2) is 35.9 Å². The molecule has 10 nitrogen and oxygen atoms in total. The lowest BCUT2D eigenvalue weighted by molar-refractivity contribution is -0.386. The van der Waals surface area contributed by atoms with Crippen molar-refractivity contribution in [1.82, 2.24) is 5.32 Å². The zero-order valence-corrected chi connectivity index (χ0v) is 16.3. The van der Waals surface area contributed by atoms with Gasteiger partial charge in [0.05, 0.1) is 17.7 Å². The second-order valence-electron chi connectivity index (χ2n) is 6.65. The van der Waals surface area contributed by atoms with Crippen LogP contribution in [-0.2, 0) is 9.59 Å². The van der Waals surface area contributed by atoms with Crippen LogP contribution >= 0.6 is 0 Å². The van der Waals surface area contributed by atoms with Gasteiger partial charge in [-0.05, 0) is 54.8 Å². The molecule has 0 aromatic heterocycles. The molecule has 2 aromatic carbocycles. The number of methoxy groups -OCH3 is 1. The topological polar surface area (TPSA) is 139 Å². The van der Waals surface area contributed by atoms with Crippen molar-refractivity contribution in [2.24, 2.45) is 0 Å². The molecule has 3 rings (SSSR count). The molecule has 1 aliphatic rings. The lowest BCUT2D eigenvalue weighted by Crippen LogP contribution is -2.54. The summed E-state index contributed by atoms with van der Waals surface area (Å²) in [5.41, 5.74) is 0.897. The number of nitrogens with zero attached hydrogens (tertiary/aromatic N) is 2. The maximum Gasteiger partial charge on any atom is 0.335 e. The summed E-state index contributed by atoms with van der Waals surface area (Å²) in [5.74, 6) is -2.72. The van der Waals surface area contributed by atoms with Crippen LogP contribution < -0.4 is 15.0 Å². The smallest absolute Gasteiger partial charge is 0.335 e. The van der Waals surface area contributed by atoms with Crippen LogP contribution in [0.4, 0.5) is 16.2 Å². The zero-order valence-electron chi connectivity index (χ0n) is 16.3. The Morgan fingerprint density at radius 1 is 1.10 bits per heavy atom. The van der Waals surface area contributed by atoms with Gasteiger partial charge in [-0.1, -0.05) is 6.07 Å². The molecule has 0 spiro atoms. The van der Waals surface area contributed by atoms with Gasteiger partial charge in [0.2, 0.25) is 5.75 Å². The number of aromatic hydroxyl groups is 1. The highest BCUT2D eigenvalue weighted by Gasteiger charge is 2.37. The van der Waals surface area contributed by atoms with Gasteiger partial charge in [0.1, 0.15) is 5.57 Å². The van der Waals surface area contributed by atoms with Crippen LogP contribution in [0, 0.1) is 24.0 Å². The van der Waals surface area contributed by atoms with Crippen LogP contribution in [0.3, 0.4) is 0 Å². The predicted octanol–water partition coefficient (Wildman–Crippen LogP) is 2.59. The lowest BCUT2D eigenvalue weighted by atomic mass is 10.0. The maximum absolute atomic E-state index is 13.0. The molecule has 1 aliphatic heterocycles. The molecule has 10 heteroatoms. The number of imide groups is 2. The molecule has 1 saturated heterocycles. The van der Waals surface area contributed by atoms with E-state index in [1.54, 1.807) is 26.0 Å². The number of barbiturate groups is 1. The molecule has 154 valence electrons. The highest BCUT2D eigenvalue weighted by molar-refractivity contribution is 6.39. The number of hydrogen-bond donors (Lipinski definition) is 2. The van der Waals surface area contributed by atoms with Gasteiger partial charge in [0.25, 0.3) is 11.8 Å². The fourth-order valence-electron chi connectivity index (χ4n) is 3.13. The van der Waals surface area contributed by atoms with E-state index in [-0.39, 0.29) is 17.0 Å². The fraction of sp³-hybridized carbons (Fsp3) is 0.150. The number of amides is 4. The molecular weight excluding hydrogens is 394 g/mol. The molecule has 30 heavy (non-hydrogen) atoms. The third-order valence-electron chi connectivity index (χ3n) is 4.37. The van der Waals surface area contributed by atoms with E-state index in [9.17, 15) is 29.6 Å². The van der Waals surface area contributed by atoms with E-state index in [1.165, 1.54) is 13.2 Å². The number of nitrogens with one attached hydrogen (secondary N) is 1. The number of urea groups is 1. The molecule has 0 aliphatic carbocycles. The van der Waals surface area contributed by atoms with E-state index in [4.69, 9.17) is 4.74 Å². The van der Waals surface area contributed by atoms with E-state index >= 15 is 0 Å². The third kappa shape index (κ3) is 3.70. The first kappa shape index (κ1) is 20.5. The number of ether oxygens (including phenoxy) is 1. The van der Waals surface area contributed by atoms with Crippen molar-refractivity contribution in [3.05, 3.63) is 62.7 Å². The minimum Gasteiger partial charge on any atom is -0.500 e. The second kappa shape index (κ2) is 7.66. The normalized spacial score (nSPS) is 15.4. The Morgan fingerprint density at radius 2 is 1.73 bits per heavy atom. The van der Waals surface area contributed by atoms with Gasteiger partial charge < -0.3 is 9.84 Å². The molecule has 0 atom stereocenters. The van der Waals surface area contributed by atoms with Crippen molar-refractivity contribution in [1.29, 1.82) is 0 Å². The van der Waals surface area contributed by atoms with Crippen molar-refractivity contribution in [2.45, 2.75) is 13.8 Å². The number of aryl methyl sites for hydroxylation is 2. The number of anilines is 1. The molecule has 0 unspecified atom stereocenters. The largest absolute Gasteiger partial charge is 0.500 e. The number of benzene rings is 2. The highest BCUT2D eigenvalue weighted by atomic mass is 16.6. The Labute approximate surface area is 170 Å². The molecule has 1 heterocycles. The fourth-order valence-corrected chi connectivity index (χ4v) is 3.13. The van der Waals surface area contributed by atoms with Crippen molar-refractivity contribution in [2.75, 3.05) is 12.0 Å². The number of carbonyl (C=O) groups is 3. The van der Waals surface area contributed by atoms with Gasteiger partial charge >= 0.3 is 11.7 Å². The quantitative estimate of drug-likeness (QED) is 0.341. The molecule has 2 N–H and O–H groups in total. The Morgan fingerprint density at radius 3 is 2.30 bits per heavy atom. The molecular formula is C20H17N3O7. The maximum atomic E-state index is 13.0. The number of rotatable bonds is 4. The summed E-state index contributed by atoms with van der Waals surface area (Å²) >= 11 is 0. The van der Waals surface area contributed by atoms with Gasteiger partial charge in [-0.25, -0.2) is 9.69 Å². The van der Waals surface area contributed by atoms with E-state index in [0.717, 1.165) is 28.2 Å². The first-order valence-corrected chi connectivity index (χ1v) is 8.67. The third-order valence-corrected chi connectivity index (χ3v) is 4.37. The van der Waals surface area contributed by atoms with E-state index in [2.05, 4.69) is 5.32 Å². The average Bonchev–Trinajstić information content (AvgIpc) is 2.64. The molecule has 0 bridgehead atoms. The first-order chi connectivity index (χ1) is 14.1. The number of carbonyl (C=O) groups excluding carboxylic acids is 3. The van der Waals surface area contributed by atoms with Crippen molar-refractivity contribution in [3.8, 4) is 11.5 Å². The Hall–Kier alpha value is -4.21. The van der Waals surface area contributed by atoms with Crippen LogP contribution in [0.25, 0.3) is 6.08 Å². The number of phenols is 1. The Kier molecular flexibility index (Phi) is 5.24. The van der Waals surface area contributed by atoms with Gasteiger partial charge in [0, 0.05) is 6.07 Å². The number of phenolic OH excluding ortho intramolecular Hbond substituents is 1. The number of nitro groups is 1. The van der Waals surface area contributed by atoms with Gasteiger partial charge in [0.15, 0.2) is 5.75 Å². The van der Waals surface area contributed by atoms with Crippen molar-refractivity contribution >= 4 is 35.3 Å². The molecule has 0 radical (unpaired) electrons. The monoisotopic (exact) mass is 411 g/mol.